The maximum Gasteiger partial charge on any atom is 0.246 e. The van der Waals surface area contributed by atoms with Gasteiger partial charge in [0.15, 0.2) is 11.5 Å². The van der Waals surface area contributed by atoms with Crippen LogP contribution >= 0.6 is 0 Å². The van der Waals surface area contributed by atoms with Crippen molar-refractivity contribution in [2.75, 3.05) is 13.1 Å². The number of piperidine rings is 1. The van der Waals surface area contributed by atoms with E-state index in [1.54, 1.807) is 12.2 Å². The van der Waals surface area contributed by atoms with Crippen LogP contribution in [0.1, 0.15) is 36.2 Å². The number of fused-ring (bicyclic) bond motifs is 1. The van der Waals surface area contributed by atoms with E-state index in [4.69, 9.17) is 8.83 Å². The van der Waals surface area contributed by atoms with E-state index >= 15 is 0 Å². The van der Waals surface area contributed by atoms with Crippen molar-refractivity contribution in [1.82, 2.24) is 9.88 Å². The molecule has 0 unspecified atom stereocenters. The van der Waals surface area contributed by atoms with Crippen LogP contribution in [0.2, 0.25) is 0 Å². The molecule has 1 aliphatic rings. The van der Waals surface area contributed by atoms with Gasteiger partial charge < -0.3 is 13.7 Å². The van der Waals surface area contributed by atoms with Crippen LogP contribution in [0.15, 0.2) is 51.3 Å². The average molecular weight is 336 g/mol. The fourth-order valence-electron chi connectivity index (χ4n) is 3.21. The number of hydrogen-bond acceptors (Lipinski definition) is 4. The number of aryl methyl sites for hydroxylation is 1. The van der Waals surface area contributed by atoms with Gasteiger partial charge in [0.2, 0.25) is 5.91 Å². The lowest BCUT2D eigenvalue weighted by atomic mass is 9.97. The quantitative estimate of drug-likeness (QED) is 0.674. The lowest BCUT2D eigenvalue weighted by molar-refractivity contribution is -0.127. The molecule has 1 amide bonds. The van der Waals surface area contributed by atoms with Gasteiger partial charge >= 0.3 is 0 Å². The fourth-order valence-corrected chi connectivity index (χ4v) is 3.21. The van der Waals surface area contributed by atoms with Crippen molar-refractivity contribution < 1.29 is 13.6 Å². The molecule has 3 heterocycles. The number of para-hydroxylation sites is 2. The lowest BCUT2D eigenvalue weighted by Gasteiger charge is -2.29. The number of aromatic nitrogens is 1. The van der Waals surface area contributed by atoms with Crippen molar-refractivity contribution >= 4 is 23.1 Å². The standard InChI is InChI=1S/C20H20N2O3/c1-14-6-7-16(24-14)8-9-19(23)22-12-10-15(11-13-22)20-21-17-4-2-3-5-18(17)25-20/h2-9,15H,10-13H2,1H3/b9-8+. The summed E-state index contributed by atoms with van der Waals surface area (Å²) >= 11 is 0. The van der Waals surface area contributed by atoms with E-state index in [0.717, 1.165) is 35.6 Å². The second kappa shape index (κ2) is 6.59. The Balaban J connectivity index is 1.37. The molecule has 0 atom stereocenters. The number of rotatable bonds is 3. The van der Waals surface area contributed by atoms with Crippen molar-refractivity contribution in [2.24, 2.45) is 0 Å². The zero-order valence-electron chi connectivity index (χ0n) is 14.1. The number of oxazole rings is 1. The summed E-state index contributed by atoms with van der Waals surface area (Å²) in [6.45, 7) is 3.31. The topological polar surface area (TPSA) is 59.5 Å². The molecule has 1 fully saturated rings. The Morgan fingerprint density at radius 3 is 2.68 bits per heavy atom. The van der Waals surface area contributed by atoms with Gasteiger partial charge in [0.1, 0.15) is 17.0 Å². The average Bonchev–Trinajstić information content (AvgIpc) is 3.25. The first kappa shape index (κ1) is 15.7. The summed E-state index contributed by atoms with van der Waals surface area (Å²) in [4.78, 5) is 18.8. The zero-order chi connectivity index (χ0) is 17.2. The first-order valence-corrected chi connectivity index (χ1v) is 8.58. The van der Waals surface area contributed by atoms with Crippen LogP contribution in [0.3, 0.4) is 0 Å². The Hall–Kier alpha value is -2.82. The van der Waals surface area contributed by atoms with Gasteiger partial charge in [-0.1, -0.05) is 12.1 Å². The minimum absolute atomic E-state index is 0.0186. The number of likely N-dealkylation sites (tertiary alicyclic amines) is 1. The summed E-state index contributed by atoms with van der Waals surface area (Å²) in [6, 6.07) is 11.6. The third-order valence-electron chi connectivity index (χ3n) is 4.62. The number of carbonyl (C=O) groups excluding carboxylic acids is 1. The molecule has 5 nitrogen and oxygen atoms in total. The number of benzene rings is 1. The van der Waals surface area contributed by atoms with Gasteiger partial charge in [-0.25, -0.2) is 4.98 Å². The molecule has 1 aliphatic heterocycles. The van der Waals surface area contributed by atoms with Crippen LogP contribution in [-0.4, -0.2) is 28.9 Å². The van der Waals surface area contributed by atoms with Gasteiger partial charge in [0.25, 0.3) is 0 Å². The number of carbonyl (C=O) groups is 1. The number of nitrogens with zero attached hydrogens (tertiary/aromatic N) is 2. The molecule has 3 aromatic rings. The molecule has 1 aromatic carbocycles. The molecule has 0 spiro atoms. The van der Waals surface area contributed by atoms with Crippen molar-refractivity contribution in [2.45, 2.75) is 25.7 Å². The van der Waals surface area contributed by atoms with Gasteiger partial charge in [0, 0.05) is 25.1 Å². The van der Waals surface area contributed by atoms with Crippen LogP contribution in [0, 0.1) is 6.92 Å². The highest BCUT2D eigenvalue weighted by atomic mass is 16.3. The van der Waals surface area contributed by atoms with E-state index in [2.05, 4.69) is 4.98 Å². The SMILES string of the molecule is Cc1ccc(/C=C/C(=O)N2CCC(c3nc4ccccc4o3)CC2)o1. The molecule has 0 radical (unpaired) electrons. The van der Waals surface area contributed by atoms with Crippen molar-refractivity contribution in [3.8, 4) is 0 Å². The molecule has 25 heavy (non-hydrogen) atoms. The largest absolute Gasteiger partial charge is 0.462 e. The third-order valence-corrected chi connectivity index (χ3v) is 4.62. The molecule has 128 valence electrons. The van der Waals surface area contributed by atoms with E-state index < -0.39 is 0 Å². The van der Waals surface area contributed by atoms with Gasteiger partial charge in [-0.2, -0.15) is 0 Å². The molecule has 1 saturated heterocycles. The fraction of sp³-hybridized carbons (Fsp3) is 0.300. The molecule has 0 aliphatic carbocycles. The number of amides is 1. The minimum atomic E-state index is 0.0186. The van der Waals surface area contributed by atoms with Crippen LogP contribution in [0.4, 0.5) is 0 Å². The Labute approximate surface area is 145 Å². The highest BCUT2D eigenvalue weighted by Gasteiger charge is 2.26. The summed E-state index contributed by atoms with van der Waals surface area (Å²) in [5.74, 6) is 2.62. The van der Waals surface area contributed by atoms with E-state index in [1.165, 1.54) is 0 Å². The maximum atomic E-state index is 12.3. The van der Waals surface area contributed by atoms with Crippen LogP contribution in [0.5, 0.6) is 0 Å². The predicted molar refractivity (Wildman–Crippen MR) is 95.0 cm³/mol. The van der Waals surface area contributed by atoms with E-state index in [1.807, 2.05) is 48.2 Å². The first-order valence-electron chi connectivity index (χ1n) is 8.58. The maximum absolute atomic E-state index is 12.3. The zero-order valence-corrected chi connectivity index (χ0v) is 14.1. The summed E-state index contributed by atoms with van der Waals surface area (Å²) in [5.41, 5.74) is 1.72. The van der Waals surface area contributed by atoms with Crippen molar-refractivity contribution in [3.63, 3.8) is 0 Å². The number of furan rings is 1. The van der Waals surface area contributed by atoms with Gasteiger partial charge in [0.05, 0.1) is 0 Å². The Kier molecular flexibility index (Phi) is 4.14. The lowest BCUT2D eigenvalue weighted by Crippen LogP contribution is -2.36. The Bertz CT molecular complexity index is 881. The van der Waals surface area contributed by atoms with Crippen LogP contribution < -0.4 is 0 Å². The van der Waals surface area contributed by atoms with Gasteiger partial charge in [-0.05, 0) is 50.1 Å². The minimum Gasteiger partial charge on any atom is -0.462 e. The summed E-state index contributed by atoms with van der Waals surface area (Å²) in [6.07, 6.45) is 5.04. The highest BCUT2D eigenvalue weighted by molar-refractivity contribution is 5.91. The predicted octanol–water partition coefficient (Wildman–Crippen LogP) is 4.15. The highest BCUT2D eigenvalue weighted by Crippen LogP contribution is 2.30. The van der Waals surface area contributed by atoms with Crippen LogP contribution in [-0.2, 0) is 4.79 Å². The summed E-state index contributed by atoms with van der Waals surface area (Å²) in [7, 11) is 0. The molecular weight excluding hydrogens is 316 g/mol. The molecular formula is C20H20N2O3. The van der Waals surface area contributed by atoms with Gasteiger partial charge in [-0.15, -0.1) is 0 Å². The molecule has 0 saturated carbocycles. The summed E-state index contributed by atoms with van der Waals surface area (Å²) < 4.78 is 11.3. The molecule has 2 aromatic heterocycles. The second-order valence-corrected chi connectivity index (χ2v) is 6.40. The third kappa shape index (κ3) is 3.36. The van der Waals surface area contributed by atoms with Gasteiger partial charge in [-0.3, -0.25) is 4.79 Å². The van der Waals surface area contributed by atoms with E-state index in [9.17, 15) is 4.79 Å². The smallest absolute Gasteiger partial charge is 0.246 e. The van der Waals surface area contributed by atoms with Crippen molar-refractivity contribution in [1.29, 1.82) is 0 Å². The Morgan fingerprint density at radius 2 is 1.96 bits per heavy atom. The molecule has 4 rings (SSSR count). The summed E-state index contributed by atoms with van der Waals surface area (Å²) in [5, 5.41) is 0. The molecule has 0 bridgehead atoms. The van der Waals surface area contributed by atoms with Crippen molar-refractivity contribution in [3.05, 3.63) is 59.9 Å². The van der Waals surface area contributed by atoms with E-state index in [-0.39, 0.29) is 11.8 Å². The van der Waals surface area contributed by atoms with Crippen LogP contribution in [0.25, 0.3) is 17.2 Å². The molecule has 5 heteroatoms. The monoisotopic (exact) mass is 336 g/mol. The van der Waals surface area contributed by atoms with E-state index in [0.29, 0.717) is 18.8 Å². The first-order chi connectivity index (χ1) is 12.2. The number of hydrogen-bond donors (Lipinski definition) is 0. The second-order valence-electron chi connectivity index (χ2n) is 6.40. The normalized spacial score (nSPS) is 16.1. The Morgan fingerprint density at radius 1 is 1.16 bits per heavy atom. The molecule has 0 N–H and O–H groups in total.